The number of carbonyl (C=O) groups excluding carboxylic acids is 1. The summed E-state index contributed by atoms with van der Waals surface area (Å²) in [5.41, 5.74) is 1.78. The van der Waals surface area contributed by atoms with E-state index in [0.29, 0.717) is 12.2 Å². The van der Waals surface area contributed by atoms with Crippen molar-refractivity contribution in [3.63, 3.8) is 0 Å². The molecule has 138 valence electrons. The predicted octanol–water partition coefficient (Wildman–Crippen LogP) is 2.33. The fourth-order valence-electron chi connectivity index (χ4n) is 3.09. The Morgan fingerprint density at radius 3 is 2.62 bits per heavy atom. The zero-order valence-electron chi connectivity index (χ0n) is 15.4. The maximum absolute atomic E-state index is 12.2. The van der Waals surface area contributed by atoms with Crippen LogP contribution in [0.2, 0.25) is 0 Å². The SMILES string of the molecule is CCCCNC(=O)c1cc(N2CCN(Cc3ccccc3)CC2)ncn1. The molecule has 1 aliphatic heterocycles. The molecule has 26 heavy (non-hydrogen) atoms. The van der Waals surface area contributed by atoms with E-state index in [2.05, 4.69) is 56.3 Å². The summed E-state index contributed by atoms with van der Waals surface area (Å²) in [6, 6.07) is 12.3. The number of nitrogens with one attached hydrogen (secondary N) is 1. The second kappa shape index (κ2) is 9.29. The van der Waals surface area contributed by atoms with Gasteiger partial charge in [-0.2, -0.15) is 0 Å². The van der Waals surface area contributed by atoms with Crippen molar-refractivity contribution in [2.45, 2.75) is 26.3 Å². The van der Waals surface area contributed by atoms with E-state index in [4.69, 9.17) is 0 Å². The lowest BCUT2D eigenvalue weighted by Gasteiger charge is -2.35. The number of amides is 1. The fourth-order valence-corrected chi connectivity index (χ4v) is 3.09. The van der Waals surface area contributed by atoms with Crippen LogP contribution >= 0.6 is 0 Å². The molecule has 1 amide bonds. The van der Waals surface area contributed by atoms with E-state index in [1.165, 1.54) is 11.9 Å². The van der Waals surface area contributed by atoms with Crippen LogP contribution < -0.4 is 10.2 Å². The first-order valence-electron chi connectivity index (χ1n) is 9.37. The molecule has 2 aromatic rings. The largest absolute Gasteiger partial charge is 0.354 e. The number of nitrogens with zero attached hydrogens (tertiary/aromatic N) is 4. The van der Waals surface area contributed by atoms with Gasteiger partial charge in [0.05, 0.1) is 0 Å². The van der Waals surface area contributed by atoms with E-state index < -0.39 is 0 Å². The Morgan fingerprint density at radius 2 is 1.88 bits per heavy atom. The van der Waals surface area contributed by atoms with Gasteiger partial charge in [-0.3, -0.25) is 9.69 Å². The Kier molecular flexibility index (Phi) is 6.55. The van der Waals surface area contributed by atoms with Gasteiger partial charge in [-0.15, -0.1) is 0 Å². The van der Waals surface area contributed by atoms with Crippen molar-refractivity contribution in [2.24, 2.45) is 0 Å². The molecule has 2 heterocycles. The Hall–Kier alpha value is -2.47. The van der Waals surface area contributed by atoms with Crippen molar-refractivity contribution >= 4 is 11.7 Å². The molecule has 0 radical (unpaired) electrons. The zero-order chi connectivity index (χ0) is 18.2. The van der Waals surface area contributed by atoms with Crippen molar-refractivity contribution in [2.75, 3.05) is 37.6 Å². The molecule has 0 spiro atoms. The molecule has 6 nitrogen and oxygen atoms in total. The van der Waals surface area contributed by atoms with E-state index in [1.54, 1.807) is 6.07 Å². The number of anilines is 1. The molecule has 1 saturated heterocycles. The molecular formula is C20H27N5O. The summed E-state index contributed by atoms with van der Waals surface area (Å²) < 4.78 is 0. The summed E-state index contributed by atoms with van der Waals surface area (Å²) in [6.07, 6.45) is 3.52. The molecule has 0 unspecified atom stereocenters. The van der Waals surface area contributed by atoms with Crippen molar-refractivity contribution in [3.8, 4) is 0 Å². The number of aromatic nitrogens is 2. The van der Waals surface area contributed by atoms with Crippen LogP contribution in [0.5, 0.6) is 0 Å². The van der Waals surface area contributed by atoms with Crippen LogP contribution in [0.4, 0.5) is 5.82 Å². The molecule has 0 bridgehead atoms. The minimum absolute atomic E-state index is 0.121. The van der Waals surface area contributed by atoms with Crippen LogP contribution in [0, 0.1) is 0 Å². The monoisotopic (exact) mass is 353 g/mol. The molecule has 1 aromatic carbocycles. The molecule has 0 saturated carbocycles. The summed E-state index contributed by atoms with van der Waals surface area (Å²) in [4.78, 5) is 25.4. The van der Waals surface area contributed by atoms with Crippen LogP contribution in [-0.2, 0) is 6.54 Å². The maximum Gasteiger partial charge on any atom is 0.270 e. The first kappa shape index (κ1) is 18.3. The van der Waals surface area contributed by atoms with Gasteiger partial charge >= 0.3 is 0 Å². The van der Waals surface area contributed by atoms with E-state index in [0.717, 1.165) is 51.4 Å². The summed E-state index contributed by atoms with van der Waals surface area (Å²) in [5, 5.41) is 2.91. The van der Waals surface area contributed by atoms with Gasteiger partial charge in [0.15, 0.2) is 0 Å². The Morgan fingerprint density at radius 1 is 1.12 bits per heavy atom. The van der Waals surface area contributed by atoms with Gasteiger partial charge < -0.3 is 10.2 Å². The average molecular weight is 353 g/mol. The zero-order valence-corrected chi connectivity index (χ0v) is 15.4. The Balaban J connectivity index is 1.54. The van der Waals surface area contributed by atoms with E-state index in [-0.39, 0.29) is 5.91 Å². The van der Waals surface area contributed by atoms with Gasteiger partial charge in [0.1, 0.15) is 17.8 Å². The van der Waals surface area contributed by atoms with Crippen LogP contribution in [0.15, 0.2) is 42.7 Å². The smallest absolute Gasteiger partial charge is 0.270 e. The van der Waals surface area contributed by atoms with Gasteiger partial charge in [0.25, 0.3) is 5.91 Å². The van der Waals surface area contributed by atoms with Crippen molar-refractivity contribution < 1.29 is 4.79 Å². The van der Waals surface area contributed by atoms with Crippen LogP contribution in [0.3, 0.4) is 0 Å². The first-order valence-corrected chi connectivity index (χ1v) is 9.37. The molecule has 1 aliphatic rings. The number of rotatable bonds is 7. The summed E-state index contributed by atoms with van der Waals surface area (Å²) in [7, 11) is 0. The van der Waals surface area contributed by atoms with Gasteiger partial charge in [0.2, 0.25) is 0 Å². The quantitative estimate of drug-likeness (QED) is 0.774. The lowest BCUT2D eigenvalue weighted by Crippen LogP contribution is -2.46. The highest BCUT2D eigenvalue weighted by atomic mass is 16.1. The van der Waals surface area contributed by atoms with Crippen LogP contribution in [0.25, 0.3) is 0 Å². The molecule has 0 atom stereocenters. The topological polar surface area (TPSA) is 61.4 Å². The second-order valence-corrected chi connectivity index (χ2v) is 6.62. The number of benzene rings is 1. The molecule has 1 fully saturated rings. The van der Waals surface area contributed by atoms with E-state index >= 15 is 0 Å². The van der Waals surface area contributed by atoms with Gasteiger partial charge in [-0.25, -0.2) is 9.97 Å². The van der Waals surface area contributed by atoms with Crippen LogP contribution in [0.1, 0.15) is 35.8 Å². The minimum Gasteiger partial charge on any atom is -0.354 e. The summed E-state index contributed by atoms with van der Waals surface area (Å²) in [5.74, 6) is 0.713. The normalized spacial score (nSPS) is 15.0. The van der Waals surface area contributed by atoms with Gasteiger partial charge in [-0.1, -0.05) is 43.7 Å². The number of unbranched alkanes of at least 4 members (excludes halogenated alkanes) is 1. The van der Waals surface area contributed by atoms with Crippen molar-refractivity contribution in [3.05, 3.63) is 54.0 Å². The first-order chi connectivity index (χ1) is 12.8. The minimum atomic E-state index is -0.121. The average Bonchev–Trinajstić information content (AvgIpc) is 2.69. The van der Waals surface area contributed by atoms with Crippen molar-refractivity contribution in [1.82, 2.24) is 20.2 Å². The Bertz CT molecular complexity index is 698. The highest BCUT2D eigenvalue weighted by Gasteiger charge is 2.19. The standard InChI is InChI=1S/C20H27N5O/c1-2-3-9-21-20(26)18-14-19(23-16-22-18)25-12-10-24(11-13-25)15-17-7-5-4-6-8-17/h4-8,14,16H,2-3,9-13,15H2,1H3,(H,21,26). The van der Waals surface area contributed by atoms with Crippen molar-refractivity contribution in [1.29, 1.82) is 0 Å². The lowest BCUT2D eigenvalue weighted by atomic mass is 10.2. The third-order valence-electron chi connectivity index (χ3n) is 4.65. The Labute approximate surface area is 155 Å². The third kappa shape index (κ3) is 5.02. The maximum atomic E-state index is 12.2. The van der Waals surface area contributed by atoms with Gasteiger partial charge in [0, 0.05) is 45.3 Å². The summed E-state index contributed by atoms with van der Waals surface area (Å²) >= 11 is 0. The molecule has 3 rings (SSSR count). The number of hydrogen-bond donors (Lipinski definition) is 1. The molecule has 1 N–H and O–H groups in total. The highest BCUT2D eigenvalue weighted by molar-refractivity contribution is 5.92. The highest BCUT2D eigenvalue weighted by Crippen LogP contribution is 2.15. The number of hydrogen-bond acceptors (Lipinski definition) is 5. The number of carbonyl (C=O) groups is 1. The van der Waals surface area contributed by atoms with Crippen LogP contribution in [-0.4, -0.2) is 53.5 Å². The molecule has 1 aromatic heterocycles. The fraction of sp³-hybridized carbons (Fsp3) is 0.450. The number of piperazine rings is 1. The van der Waals surface area contributed by atoms with E-state index in [1.807, 2.05) is 6.07 Å². The van der Waals surface area contributed by atoms with E-state index in [9.17, 15) is 4.79 Å². The summed E-state index contributed by atoms with van der Waals surface area (Å²) in [6.45, 7) is 7.54. The second-order valence-electron chi connectivity index (χ2n) is 6.62. The predicted molar refractivity (Wildman–Crippen MR) is 103 cm³/mol. The van der Waals surface area contributed by atoms with Gasteiger partial charge in [-0.05, 0) is 12.0 Å². The third-order valence-corrected chi connectivity index (χ3v) is 4.65. The molecular weight excluding hydrogens is 326 g/mol. The molecule has 0 aliphatic carbocycles. The lowest BCUT2D eigenvalue weighted by molar-refractivity contribution is 0.0948. The molecule has 6 heteroatoms.